The van der Waals surface area contributed by atoms with E-state index in [2.05, 4.69) is 199 Å². The highest BCUT2D eigenvalue weighted by atomic mass is 15.2. The molecule has 0 saturated carbocycles. The van der Waals surface area contributed by atoms with Crippen LogP contribution in [0.25, 0.3) is 122 Å². The molecule has 314 valence electrons. The Balaban J connectivity index is 1.04. The Morgan fingerprint density at radius 3 is 1.72 bits per heavy atom. The zero-order chi connectivity index (χ0) is 44.4. The number of fused-ring (bicyclic) bond motifs is 13. The minimum atomic E-state index is -0.120. The predicted octanol–water partition coefficient (Wildman–Crippen LogP) is 15.7. The molecule has 1 aliphatic carbocycles. The van der Waals surface area contributed by atoms with Crippen LogP contribution in [0, 0.1) is 0 Å². The predicted molar refractivity (Wildman–Crippen MR) is 277 cm³/mol. The summed E-state index contributed by atoms with van der Waals surface area (Å²) in [5.74, 6) is 1.83. The molecular formula is C62H41N5. The van der Waals surface area contributed by atoms with Gasteiger partial charge in [0, 0.05) is 43.8 Å². The van der Waals surface area contributed by atoms with Crippen molar-refractivity contribution in [1.82, 2.24) is 24.1 Å². The molecule has 0 bridgehead atoms. The van der Waals surface area contributed by atoms with E-state index < -0.39 is 0 Å². The molecule has 0 unspecified atom stereocenters. The van der Waals surface area contributed by atoms with E-state index in [0.717, 1.165) is 33.1 Å². The first-order valence-electron chi connectivity index (χ1n) is 23.0. The van der Waals surface area contributed by atoms with Gasteiger partial charge in [-0.15, -0.1) is 0 Å². The quantitative estimate of drug-likeness (QED) is 0.173. The Bertz CT molecular complexity index is 4120. The topological polar surface area (TPSA) is 48.5 Å². The Hall–Kier alpha value is -8.67. The fourth-order valence-electron chi connectivity index (χ4n) is 11.2. The number of nitrogens with zero attached hydrogens (tertiary/aromatic N) is 5. The van der Waals surface area contributed by atoms with E-state index in [1.807, 2.05) is 36.4 Å². The third-order valence-electron chi connectivity index (χ3n) is 14.4. The smallest absolute Gasteiger partial charge is 0.238 e. The van der Waals surface area contributed by atoms with E-state index in [-0.39, 0.29) is 5.41 Å². The summed E-state index contributed by atoms with van der Waals surface area (Å²) in [6.07, 6.45) is 0. The molecular weight excluding hydrogens is 815 g/mol. The third kappa shape index (κ3) is 5.52. The maximum atomic E-state index is 5.25. The van der Waals surface area contributed by atoms with Gasteiger partial charge in [0.1, 0.15) is 0 Å². The van der Waals surface area contributed by atoms with Gasteiger partial charge in [-0.25, -0.2) is 4.98 Å². The zero-order valence-electron chi connectivity index (χ0n) is 36.9. The summed E-state index contributed by atoms with van der Waals surface area (Å²) >= 11 is 0. The highest BCUT2D eigenvalue weighted by molar-refractivity contribution is 6.26. The van der Waals surface area contributed by atoms with E-state index in [0.29, 0.717) is 17.6 Å². The van der Waals surface area contributed by atoms with Crippen LogP contribution in [0.2, 0.25) is 0 Å². The Morgan fingerprint density at radius 2 is 0.940 bits per heavy atom. The van der Waals surface area contributed by atoms with Gasteiger partial charge in [-0.05, 0) is 97.4 Å². The number of hydrogen-bond donors (Lipinski definition) is 0. The second-order valence-corrected chi connectivity index (χ2v) is 18.4. The largest absolute Gasteiger partial charge is 0.309 e. The fourth-order valence-corrected chi connectivity index (χ4v) is 11.2. The van der Waals surface area contributed by atoms with Crippen molar-refractivity contribution in [3.63, 3.8) is 0 Å². The average Bonchev–Trinajstić information content (AvgIpc) is 3.99. The van der Waals surface area contributed by atoms with Gasteiger partial charge in [0.2, 0.25) is 5.95 Å². The molecule has 0 fully saturated rings. The Kier molecular flexibility index (Phi) is 7.97. The number of hydrogen-bond acceptors (Lipinski definition) is 3. The van der Waals surface area contributed by atoms with Crippen LogP contribution in [0.4, 0.5) is 0 Å². The molecule has 0 atom stereocenters. The minimum absolute atomic E-state index is 0.120. The summed E-state index contributed by atoms with van der Waals surface area (Å²) in [4.78, 5) is 15.5. The lowest BCUT2D eigenvalue weighted by Gasteiger charge is -2.22. The van der Waals surface area contributed by atoms with Crippen LogP contribution in [0.3, 0.4) is 0 Å². The summed E-state index contributed by atoms with van der Waals surface area (Å²) in [6, 6.07) is 76.7. The number of benzene rings is 10. The second-order valence-electron chi connectivity index (χ2n) is 18.4. The molecule has 10 aromatic carbocycles. The number of para-hydroxylation sites is 1. The third-order valence-corrected chi connectivity index (χ3v) is 14.4. The molecule has 0 radical (unpaired) electrons. The van der Waals surface area contributed by atoms with Gasteiger partial charge in [-0.2, -0.15) is 9.97 Å². The summed E-state index contributed by atoms with van der Waals surface area (Å²) in [5, 5.41) is 9.63. The molecule has 0 N–H and O–H groups in total. The summed E-state index contributed by atoms with van der Waals surface area (Å²) in [5.41, 5.74) is 15.1. The van der Waals surface area contributed by atoms with Crippen molar-refractivity contribution in [3.05, 3.63) is 223 Å². The minimum Gasteiger partial charge on any atom is -0.309 e. The van der Waals surface area contributed by atoms with Crippen LogP contribution in [-0.2, 0) is 5.41 Å². The molecule has 0 spiro atoms. The van der Waals surface area contributed by atoms with Crippen LogP contribution in [0.1, 0.15) is 25.0 Å². The van der Waals surface area contributed by atoms with Gasteiger partial charge in [0.25, 0.3) is 0 Å². The van der Waals surface area contributed by atoms with Crippen LogP contribution in [0.5, 0.6) is 0 Å². The van der Waals surface area contributed by atoms with Crippen molar-refractivity contribution in [1.29, 1.82) is 0 Å². The van der Waals surface area contributed by atoms with E-state index in [4.69, 9.17) is 15.0 Å². The first-order chi connectivity index (χ1) is 33.0. The number of rotatable bonds is 5. The number of aromatic nitrogens is 5. The maximum absolute atomic E-state index is 5.25. The van der Waals surface area contributed by atoms with Gasteiger partial charge >= 0.3 is 0 Å². The zero-order valence-corrected chi connectivity index (χ0v) is 36.9. The van der Waals surface area contributed by atoms with Crippen molar-refractivity contribution < 1.29 is 0 Å². The SMILES string of the molecule is CC1(C)c2ccccc2-c2ccc(-n3c4ccccc4c4c5ccccc5c(-c5ccc6c(c5)c5c7ccccc7ccc5n6-c5nc(-c6ccccc6)nc(-c6ccccc6)n5)cc43)cc21. The first kappa shape index (κ1) is 37.7. The average molecular weight is 856 g/mol. The monoisotopic (exact) mass is 855 g/mol. The van der Waals surface area contributed by atoms with Gasteiger partial charge < -0.3 is 4.57 Å². The molecule has 0 aliphatic heterocycles. The van der Waals surface area contributed by atoms with Gasteiger partial charge in [-0.3, -0.25) is 4.57 Å². The maximum Gasteiger partial charge on any atom is 0.238 e. The lowest BCUT2D eigenvalue weighted by Crippen LogP contribution is -2.15. The lowest BCUT2D eigenvalue weighted by molar-refractivity contribution is 0.660. The standard InChI is InChI=1S/C62H41N5/c1-62(2)51-27-15-13-24-45(51)46-32-31-42(36-52(46)62)66-53-28-16-14-26-48(53)58-47-25-12-11-23-44(47)49(37-56(58)66)41-30-33-54-50(35-41)57-43-22-10-9-17-38(43)29-34-55(57)67(54)61-64-59(39-18-5-3-6-19-39)63-60(65-61)40-20-7-4-8-21-40/h3-37H,1-2H3. The van der Waals surface area contributed by atoms with Crippen LogP contribution >= 0.6 is 0 Å². The van der Waals surface area contributed by atoms with Crippen LogP contribution in [-0.4, -0.2) is 24.1 Å². The van der Waals surface area contributed by atoms with Gasteiger partial charge in [0.05, 0.1) is 22.1 Å². The molecule has 5 nitrogen and oxygen atoms in total. The van der Waals surface area contributed by atoms with Crippen molar-refractivity contribution in [2.24, 2.45) is 0 Å². The Labute approximate surface area is 386 Å². The van der Waals surface area contributed by atoms with E-state index >= 15 is 0 Å². The summed E-state index contributed by atoms with van der Waals surface area (Å²) in [6.45, 7) is 4.72. The van der Waals surface area contributed by atoms with Gasteiger partial charge in [-0.1, -0.05) is 184 Å². The second kappa shape index (κ2) is 14.2. The first-order valence-corrected chi connectivity index (χ1v) is 23.0. The fraction of sp³-hybridized carbons (Fsp3) is 0.0484. The normalized spacial score (nSPS) is 13.0. The molecule has 3 aromatic heterocycles. The molecule has 67 heavy (non-hydrogen) atoms. The van der Waals surface area contributed by atoms with Crippen molar-refractivity contribution in [2.45, 2.75) is 19.3 Å². The van der Waals surface area contributed by atoms with E-state index in [1.54, 1.807) is 0 Å². The lowest BCUT2D eigenvalue weighted by atomic mass is 9.82. The van der Waals surface area contributed by atoms with E-state index in [1.165, 1.54) is 82.2 Å². The van der Waals surface area contributed by atoms with Crippen LogP contribution in [0.15, 0.2) is 212 Å². The van der Waals surface area contributed by atoms with Crippen molar-refractivity contribution in [3.8, 4) is 56.7 Å². The molecule has 3 heterocycles. The van der Waals surface area contributed by atoms with E-state index in [9.17, 15) is 0 Å². The molecule has 14 rings (SSSR count). The molecule has 5 heteroatoms. The molecule has 1 aliphatic rings. The Morgan fingerprint density at radius 1 is 0.343 bits per heavy atom. The van der Waals surface area contributed by atoms with Crippen LogP contribution < -0.4 is 0 Å². The molecule has 0 saturated heterocycles. The molecule has 0 amide bonds. The highest BCUT2D eigenvalue weighted by Crippen LogP contribution is 2.50. The van der Waals surface area contributed by atoms with Crippen molar-refractivity contribution >= 4 is 65.2 Å². The summed E-state index contributed by atoms with van der Waals surface area (Å²) in [7, 11) is 0. The molecule has 13 aromatic rings. The highest BCUT2D eigenvalue weighted by Gasteiger charge is 2.35. The summed E-state index contributed by atoms with van der Waals surface area (Å²) < 4.78 is 4.72. The van der Waals surface area contributed by atoms with Crippen molar-refractivity contribution in [2.75, 3.05) is 0 Å². The van der Waals surface area contributed by atoms with Gasteiger partial charge in [0.15, 0.2) is 11.6 Å².